The third-order valence-electron chi connectivity index (χ3n) is 5.63. The van der Waals surface area contributed by atoms with E-state index in [0.717, 1.165) is 5.39 Å². The summed E-state index contributed by atoms with van der Waals surface area (Å²) in [6.07, 6.45) is 1.22. The van der Waals surface area contributed by atoms with Crippen molar-refractivity contribution in [2.45, 2.75) is 25.4 Å². The van der Waals surface area contributed by atoms with Crippen LogP contribution in [0.2, 0.25) is 0 Å². The van der Waals surface area contributed by atoms with Crippen molar-refractivity contribution in [3.05, 3.63) is 71.5 Å². The van der Waals surface area contributed by atoms with Crippen LogP contribution in [-0.4, -0.2) is 41.5 Å². The van der Waals surface area contributed by atoms with Gasteiger partial charge in [0.25, 0.3) is 5.91 Å². The van der Waals surface area contributed by atoms with Crippen LogP contribution >= 0.6 is 0 Å². The summed E-state index contributed by atoms with van der Waals surface area (Å²) in [6, 6.07) is 14.5. The third kappa shape index (κ3) is 4.03. The fraction of sp³-hybridized carbons (Fsp3) is 0.250. The molecule has 3 aromatic rings. The van der Waals surface area contributed by atoms with Gasteiger partial charge in [-0.1, -0.05) is 36.4 Å². The number of hydrogen-bond donors (Lipinski definition) is 2. The van der Waals surface area contributed by atoms with Gasteiger partial charge in [0, 0.05) is 18.5 Å². The molecule has 1 aliphatic rings. The van der Waals surface area contributed by atoms with Gasteiger partial charge < -0.3 is 20.1 Å². The number of hydrogen-bond acceptors (Lipinski definition) is 4. The first-order valence-electron chi connectivity index (χ1n) is 10.1. The lowest BCUT2D eigenvalue weighted by molar-refractivity contribution is -0.125. The Bertz CT molecular complexity index is 1150. The number of benzene rings is 3. The minimum absolute atomic E-state index is 0.0807. The fourth-order valence-electron chi connectivity index (χ4n) is 3.99. The first kappa shape index (κ1) is 20.7. The van der Waals surface area contributed by atoms with Gasteiger partial charge in [-0.3, -0.25) is 9.59 Å². The summed E-state index contributed by atoms with van der Waals surface area (Å²) in [6.45, 7) is 0.569. The molecular formula is C24H23FN2O4. The minimum Gasteiger partial charge on any atom is -0.506 e. The minimum atomic E-state index is -0.638. The summed E-state index contributed by atoms with van der Waals surface area (Å²) in [4.78, 5) is 27.4. The van der Waals surface area contributed by atoms with Crippen molar-refractivity contribution in [2.24, 2.45) is 0 Å². The van der Waals surface area contributed by atoms with Crippen molar-refractivity contribution in [3.8, 4) is 11.5 Å². The van der Waals surface area contributed by atoms with Crippen LogP contribution in [0.15, 0.2) is 54.6 Å². The average molecular weight is 422 g/mol. The molecule has 1 unspecified atom stereocenters. The molecule has 1 atom stereocenters. The number of carbonyl (C=O) groups excluding carboxylic acids is 2. The molecule has 160 valence electrons. The predicted molar refractivity (Wildman–Crippen MR) is 114 cm³/mol. The Hall–Kier alpha value is -3.61. The van der Waals surface area contributed by atoms with E-state index in [1.165, 1.54) is 24.1 Å². The van der Waals surface area contributed by atoms with Crippen LogP contribution in [0, 0.1) is 5.82 Å². The molecule has 31 heavy (non-hydrogen) atoms. The lowest BCUT2D eigenvalue weighted by Gasteiger charge is -2.24. The number of carbonyl (C=O) groups is 2. The molecule has 0 saturated carbocycles. The summed E-state index contributed by atoms with van der Waals surface area (Å²) in [7, 11) is 1.39. The number of phenols is 1. The highest BCUT2D eigenvalue weighted by Crippen LogP contribution is 2.31. The molecule has 0 bridgehead atoms. The second-order valence-corrected chi connectivity index (χ2v) is 7.53. The smallest absolute Gasteiger partial charge is 0.258 e. The van der Waals surface area contributed by atoms with Crippen molar-refractivity contribution in [2.75, 3.05) is 13.7 Å². The average Bonchev–Trinajstić information content (AvgIpc) is 3.28. The number of ether oxygens (including phenoxy) is 1. The van der Waals surface area contributed by atoms with Crippen molar-refractivity contribution >= 4 is 22.6 Å². The highest BCUT2D eigenvalue weighted by atomic mass is 19.1. The molecule has 1 aliphatic heterocycles. The maximum absolute atomic E-state index is 13.9. The molecule has 1 fully saturated rings. The normalized spacial score (nSPS) is 15.8. The monoisotopic (exact) mass is 422 g/mol. The summed E-state index contributed by atoms with van der Waals surface area (Å²) >= 11 is 0. The highest BCUT2D eigenvalue weighted by Gasteiger charge is 2.35. The largest absolute Gasteiger partial charge is 0.506 e. The number of aromatic hydroxyl groups is 1. The number of fused-ring (bicyclic) bond motifs is 1. The number of likely N-dealkylation sites (tertiary alicyclic amines) is 1. The van der Waals surface area contributed by atoms with Crippen LogP contribution < -0.4 is 10.1 Å². The van der Waals surface area contributed by atoms with E-state index in [1.54, 1.807) is 30.3 Å². The summed E-state index contributed by atoms with van der Waals surface area (Å²) in [5, 5.41) is 14.8. The molecule has 0 aliphatic carbocycles. The number of nitrogens with zero attached hydrogens (tertiary/aromatic N) is 1. The van der Waals surface area contributed by atoms with Gasteiger partial charge in [0.2, 0.25) is 5.91 Å². The van der Waals surface area contributed by atoms with Crippen LogP contribution in [0.5, 0.6) is 11.5 Å². The zero-order valence-electron chi connectivity index (χ0n) is 17.1. The van der Waals surface area contributed by atoms with Crippen molar-refractivity contribution < 1.29 is 23.8 Å². The maximum Gasteiger partial charge on any atom is 0.258 e. The Balaban J connectivity index is 1.48. The van der Waals surface area contributed by atoms with E-state index in [0.29, 0.717) is 30.3 Å². The highest BCUT2D eigenvalue weighted by molar-refractivity contribution is 6.05. The number of phenolic OH excluding ortho intramolecular Hbond substituents is 1. The van der Waals surface area contributed by atoms with Gasteiger partial charge >= 0.3 is 0 Å². The zero-order chi connectivity index (χ0) is 22.0. The molecule has 0 spiro atoms. The molecule has 7 heteroatoms. The van der Waals surface area contributed by atoms with E-state index in [2.05, 4.69) is 5.32 Å². The van der Waals surface area contributed by atoms with E-state index in [9.17, 15) is 19.1 Å². The molecule has 3 aromatic carbocycles. The van der Waals surface area contributed by atoms with Crippen LogP contribution in [0.4, 0.5) is 4.39 Å². The molecule has 1 saturated heterocycles. The molecule has 0 aromatic heterocycles. The van der Waals surface area contributed by atoms with E-state index in [1.807, 2.05) is 12.1 Å². The number of amides is 2. The summed E-state index contributed by atoms with van der Waals surface area (Å²) in [5.41, 5.74) is 0.769. The predicted octanol–water partition coefficient (Wildman–Crippen LogP) is 3.61. The summed E-state index contributed by atoms with van der Waals surface area (Å²) in [5.74, 6) is -1.13. The first-order chi connectivity index (χ1) is 15.0. The van der Waals surface area contributed by atoms with Crippen molar-refractivity contribution in [3.63, 3.8) is 0 Å². The number of nitrogens with one attached hydrogen (secondary N) is 1. The lowest BCUT2D eigenvalue weighted by Crippen LogP contribution is -2.45. The van der Waals surface area contributed by atoms with E-state index >= 15 is 0 Å². The van der Waals surface area contributed by atoms with Gasteiger partial charge in [-0.25, -0.2) is 4.39 Å². The molecule has 2 amide bonds. The summed E-state index contributed by atoms with van der Waals surface area (Å²) < 4.78 is 18.8. The SMILES string of the molecule is COc1ccc(CNC(=O)C2CCCN2C(=O)c2ccc3ccccc3c2O)cc1F. The number of rotatable bonds is 5. The topological polar surface area (TPSA) is 78.9 Å². The Morgan fingerprint density at radius 1 is 1.19 bits per heavy atom. The first-order valence-corrected chi connectivity index (χ1v) is 10.1. The van der Waals surface area contributed by atoms with Gasteiger partial charge in [0.1, 0.15) is 11.8 Å². The fourth-order valence-corrected chi connectivity index (χ4v) is 3.99. The zero-order valence-corrected chi connectivity index (χ0v) is 17.1. The van der Waals surface area contributed by atoms with Crippen molar-refractivity contribution in [1.29, 1.82) is 0 Å². The Kier molecular flexibility index (Phi) is 5.75. The third-order valence-corrected chi connectivity index (χ3v) is 5.63. The second kappa shape index (κ2) is 8.63. The molecule has 6 nitrogen and oxygen atoms in total. The standard InChI is InChI=1S/C24H23FN2O4/c1-31-21-11-8-15(13-19(21)25)14-26-23(29)20-7-4-12-27(20)24(30)18-10-9-16-5-2-3-6-17(16)22(18)28/h2-3,5-6,8-11,13,20,28H,4,7,12,14H2,1H3,(H,26,29). The van der Waals surface area contributed by atoms with E-state index in [-0.39, 0.29) is 35.4 Å². The molecular weight excluding hydrogens is 399 g/mol. The molecule has 2 N–H and O–H groups in total. The van der Waals surface area contributed by atoms with E-state index in [4.69, 9.17) is 4.74 Å². The van der Waals surface area contributed by atoms with Gasteiger partial charge in [-0.2, -0.15) is 0 Å². The molecule has 0 radical (unpaired) electrons. The van der Waals surface area contributed by atoms with Crippen LogP contribution in [-0.2, 0) is 11.3 Å². The second-order valence-electron chi connectivity index (χ2n) is 7.53. The van der Waals surface area contributed by atoms with Gasteiger partial charge in [-0.05, 0) is 42.0 Å². The van der Waals surface area contributed by atoms with Gasteiger partial charge in [-0.15, -0.1) is 0 Å². The Morgan fingerprint density at radius 2 is 2.00 bits per heavy atom. The lowest BCUT2D eigenvalue weighted by atomic mass is 10.0. The van der Waals surface area contributed by atoms with Gasteiger partial charge in [0.15, 0.2) is 11.6 Å². The maximum atomic E-state index is 13.9. The Morgan fingerprint density at radius 3 is 2.77 bits per heavy atom. The number of halogens is 1. The Labute approximate surface area is 179 Å². The van der Waals surface area contributed by atoms with E-state index < -0.39 is 11.9 Å². The van der Waals surface area contributed by atoms with Crippen LogP contribution in [0.3, 0.4) is 0 Å². The van der Waals surface area contributed by atoms with Crippen LogP contribution in [0.25, 0.3) is 10.8 Å². The van der Waals surface area contributed by atoms with Gasteiger partial charge in [0.05, 0.1) is 12.7 Å². The molecule has 1 heterocycles. The quantitative estimate of drug-likeness (QED) is 0.658. The van der Waals surface area contributed by atoms with Crippen LogP contribution in [0.1, 0.15) is 28.8 Å². The van der Waals surface area contributed by atoms with Crippen molar-refractivity contribution in [1.82, 2.24) is 10.2 Å². The number of methoxy groups -OCH3 is 1. The molecule has 4 rings (SSSR count).